The molecule has 4 rings (SSSR count). The third-order valence-corrected chi connectivity index (χ3v) is 5.07. The number of para-hydroxylation sites is 2. The first-order valence-electron chi connectivity index (χ1n) is 9.09. The molecule has 0 spiro atoms. The molecule has 0 atom stereocenters. The maximum Gasteiger partial charge on any atom is 0.279 e. The molecule has 0 fully saturated rings. The van der Waals surface area contributed by atoms with Gasteiger partial charge in [-0.25, -0.2) is 13.7 Å². The summed E-state index contributed by atoms with van der Waals surface area (Å²) < 4.78 is 8.05. The van der Waals surface area contributed by atoms with Crippen molar-refractivity contribution in [3.8, 4) is 11.4 Å². The van der Waals surface area contributed by atoms with Crippen LogP contribution < -0.4 is 10.3 Å². The number of carbonyl (C=O) groups is 1. The first kappa shape index (κ1) is 19.0. The number of nitrogens with zero attached hydrogens (tertiary/aromatic N) is 3. The lowest BCUT2D eigenvalue weighted by atomic mass is 10.1. The SMILES string of the molecule is CN(C)SNC(=O)c1ccc2c(c1)c(=O)n(-c1ccccc1)n2-c1ccccc1. The highest BCUT2D eigenvalue weighted by Gasteiger charge is 2.18. The fourth-order valence-electron chi connectivity index (χ4n) is 3.16. The minimum absolute atomic E-state index is 0.176. The van der Waals surface area contributed by atoms with Crippen molar-refractivity contribution in [2.45, 2.75) is 0 Å². The monoisotopic (exact) mass is 404 g/mol. The highest BCUT2D eigenvalue weighted by atomic mass is 32.2. The van der Waals surface area contributed by atoms with E-state index >= 15 is 0 Å². The second-order valence-electron chi connectivity index (χ2n) is 6.67. The molecule has 0 aliphatic rings. The van der Waals surface area contributed by atoms with Crippen LogP contribution in [0.2, 0.25) is 0 Å². The van der Waals surface area contributed by atoms with Crippen molar-refractivity contribution in [1.29, 1.82) is 0 Å². The summed E-state index contributed by atoms with van der Waals surface area (Å²) in [5, 5.41) is 0.486. The Morgan fingerprint density at radius 2 is 1.45 bits per heavy atom. The summed E-state index contributed by atoms with van der Waals surface area (Å²) in [6.07, 6.45) is 0. The molecule has 6 nitrogen and oxygen atoms in total. The van der Waals surface area contributed by atoms with E-state index in [-0.39, 0.29) is 11.5 Å². The van der Waals surface area contributed by atoms with Crippen LogP contribution in [0.1, 0.15) is 10.4 Å². The standard InChI is InChI=1S/C22H20N4O2S/c1-24(2)29-23-21(27)16-13-14-20-19(15-16)22(28)26(18-11-7-4-8-12-18)25(20)17-9-5-3-6-10-17/h3-15H,1-2H3,(H,23,27). The topological polar surface area (TPSA) is 59.3 Å². The number of fused-ring (bicyclic) bond motifs is 1. The number of hydrogen-bond acceptors (Lipinski definition) is 4. The summed E-state index contributed by atoms with van der Waals surface area (Å²) in [4.78, 5) is 25.8. The number of amides is 1. The molecule has 1 heterocycles. The van der Waals surface area contributed by atoms with E-state index < -0.39 is 0 Å². The molecule has 0 aliphatic heterocycles. The Morgan fingerprint density at radius 1 is 0.862 bits per heavy atom. The molecule has 1 amide bonds. The van der Waals surface area contributed by atoms with Crippen LogP contribution in [0.25, 0.3) is 22.3 Å². The zero-order chi connectivity index (χ0) is 20.4. The Kier molecular flexibility index (Phi) is 5.24. The molecular formula is C22H20N4O2S. The van der Waals surface area contributed by atoms with Gasteiger partial charge in [-0.05, 0) is 56.6 Å². The van der Waals surface area contributed by atoms with Crippen molar-refractivity contribution >= 4 is 28.9 Å². The number of nitrogens with one attached hydrogen (secondary N) is 1. The van der Waals surface area contributed by atoms with Crippen molar-refractivity contribution in [2.75, 3.05) is 14.1 Å². The lowest BCUT2D eigenvalue weighted by molar-refractivity contribution is 0.0983. The predicted octanol–water partition coefficient (Wildman–Crippen LogP) is 3.64. The fourth-order valence-corrected chi connectivity index (χ4v) is 3.55. The van der Waals surface area contributed by atoms with Crippen LogP contribution in [0.5, 0.6) is 0 Å². The molecule has 0 bridgehead atoms. The minimum Gasteiger partial charge on any atom is -0.283 e. The van der Waals surface area contributed by atoms with Gasteiger partial charge in [0.25, 0.3) is 11.5 Å². The van der Waals surface area contributed by atoms with Gasteiger partial charge >= 0.3 is 0 Å². The van der Waals surface area contributed by atoms with Gasteiger partial charge in [0.05, 0.1) is 22.3 Å². The van der Waals surface area contributed by atoms with E-state index in [9.17, 15) is 9.59 Å². The van der Waals surface area contributed by atoms with Crippen LogP contribution in [-0.2, 0) is 0 Å². The molecule has 0 saturated carbocycles. The van der Waals surface area contributed by atoms with E-state index in [1.165, 1.54) is 12.1 Å². The highest BCUT2D eigenvalue weighted by Crippen LogP contribution is 2.21. The fraction of sp³-hybridized carbons (Fsp3) is 0.0909. The largest absolute Gasteiger partial charge is 0.283 e. The molecule has 146 valence electrons. The van der Waals surface area contributed by atoms with E-state index in [1.807, 2.05) is 85.5 Å². The average Bonchev–Trinajstić information content (AvgIpc) is 3.05. The Morgan fingerprint density at radius 3 is 2.03 bits per heavy atom. The minimum atomic E-state index is -0.247. The normalized spacial score (nSPS) is 11.1. The summed E-state index contributed by atoms with van der Waals surface area (Å²) in [5.74, 6) is -0.247. The zero-order valence-electron chi connectivity index (χ0n) is 16.1. The summed E-state index contributed by atoms with van der Waals surface area (Å²) in [5.41, 5.74) is 2.62. The lowest BCUT2D eigenvalue weighted by Gasteiger charge is -2.13. The smallest absolute Gasteiger partial charge is 0.279 e. The van der Waals surface area contributed by atoms with Gasteiger partial charge < -0.3 is 0 Å². The Balaban J connectivity index is 1.93. The summed E-state index contributed by atoms with van der Waals surface area (Å²) in [6.45, 7) is 0. The van der Waals surface area contributed by atoms with Crippen molar-refractivity contribution in [2.24, 2.45) is 0 Å². The molecule has 3 aromatic carbocycles. The van der Waals surface area contributed by atoms with Gasteiger partial charge in [-0.1, -0.05) is 36.4 Å². The molecule has 1 aromatic heterocycles. The van der Waals surface area contributed by atoms with Gasteiger partial charge in [0.2, 0.25) is 0 Å². The van der Waals surface area contributed by atoms with Gasteiger partial charge in [-0.3, -0.25) is 14.3 Å². The van der Waals surface area contributed by atoms with Crippen LogP contribution in [-0.4, -0.2) is 33.7 Å². The van der Waals surface area contributed by atoms with Gasteiger partial charge in [0, 0.05) is 17.7 Å². The molecule has 29 heavy (non-hydrogen) atoms. The van der Waals surface area contributed by atoms with Gasteiger partial charge in [-0.2, -0.15) is 0 Å². The molecular weight excluding hydrogens is 384 g/mol. The highest BCUT2D eigenvalue weighted by molar-refractivity contribution is 7.95. The van der Waals surface area contributed by atoms with Gasteiger partial charge in [0.15, 0.2) is 0 Å². The van der Waals surface area contributed by atoms with E-state index in [1.54, 1.807) is 21.1 Å². The molecule has 0 radical (unpaired) electrons. The Hall–Kier alpha value is -3.29. The molecule has 0 aliphatic carbocycles. The second-order valence-corrected chi connectivity index (χ2v) is 7.78. The van der Waals surface area contributed by atoms with E-state index in [0.29, 0.717) is 10.9 Å². The summed E-state index contributed by atoms with van der Waals surface area (Å²) >= 11 is 1.19. The Labute approximate surface area is 172 Å². The summed E-state index contributed by atoms with van der Waals surface area (Å²) in [7, 11) is 3.68. The number of benzene rings is 3. The molecule has 0 saturated heterocycles. The van der Waals surface area contributed by atoms with Crippen molar-refractivity contribution in [3.05, 3.63) is 94.8 Å². The third kappa shape index (κ3) is 3.70. The van der Waals surface area contributed by atoms with Crippen LogP contribution in [0, 0.1) is 0 Å². The molecule has 4 aromatic rings. The molecule has 7 heteroatoms. The maximum atomic E-state index is 13.4. The summed E-state index contributed by atoms with van der Waals surface area (Å²) in [6, 6.07) is 24.4. The van der Waals surface area contributed by atoms with E-state index in [2.05, 4.69) is 4.72 Å². The predicted molar refractivity (Wildman–Crippen MR) is 118 cm³/mol. The number of rotatable bonds is 5. The van der Waals surface area contributed by atoms with Crippen LogP contribution in [0.15, 0.2) is 83.7 Å². The number of hydrogen-bond donors (Lipinski definition) is 1. The number of carbonyl (C=O) groups excluding carboxylic acids is 1. The Bertz CT molecular complexity index is 1210. The van der Waals surface area contributed by atoms with Crippen LogP contribution in [0.3, 0.4) is 0 Å². The molecule has 0 unspecified atom stereocenters. The second kappa shape index (κ2) is 7.98. The molecule has 1 N–H and O–H groups in total. The van der Waals surface area contributed by atoms with Crippen molar-refractivity contribution in [3.63, 3.8) is 0 Å². The third-order valence-electron chi connectivity index (χ3n) is 4.43. The quantitative estimate of drug-likeness (QED) is 0.516. The zero-order valence-corrected chi connectivity index (χ0v) is 16.9. The average molecular weight is 404 g/mol. The lowest BCUT2D eigenvalue weighted by Crippen LogP contribution is -2.21. The van der Waals surface area contributed by atoms with Crippen molar-refractivity contribution in [1.82, 2.24) is 18.4 Å². The van der Waals surface area contributed by atoms with Crippen LogP contribution in [0.4, 0.5) is 0 Å². The van der Waals surface area contributed by atoms with Gasteiger partial charge in [-0.15, -0.1) is 0 Å². The van der Waals surface area contributed by atoms with Crippen LogP contribution >= 0.6 is 12.1 Å². The first-order valence-corrected chi connectivity index (χ1v) is 9.87. The van der Waals surface area contributed by atoms with E-state index in [0.717, 1.165) is 16.9 Å². The van der Waals surface area contributed by atoms with Gasteiger partial charge in [0.1, 0.15) is 0 Å². The van der Waals surface area contributed by atoms with Crippen molar-refractivity contribution < 1.29 is 4.79 Å². The first-order chi connectivity index (χ1) is 14.1. The maximum absolute atomic E-state index is 13.4. The number of aromatic nitrogens is 2. The van der Waals surface area contributed by atoms with E-state index in [4.69, 9.17) is 0 Å².